The molecule has 0 atom stereocenters. The molecule has 1 amide bonds. The summed E-state index contributed by atoms with van der Waals surface area (Å²) in [7, 11) is 0. The van der Waals surface area contributed by atoms with Crippen LogP contribution in [0.15, 0.2) is 79.1 Å². The molecule has 2 aromatic carbocycles. The van der Waals surface area contributed by atoms with Gasteiger partial charge in [0.05, 0.1) is 16.9 Å². The lowest BCUT2D eigenvalue weighted by molar-refractivity contribution is 0.101. The third-order valence-electron chi connectivity index (χ3n) is 5.94. The number of aromatic nitrogens is 4. The molecule has 0 aliphatic carbocycles. The van der Waals surface area contributed by atoms with Gasteiger partial charge in [-0.25, -0.2) is 0 Å². The first-order chi connectivity index (χ1) is 17.5. The van der Waals surface area contributed by atoms with Crippen molar-refractivity contribution in [3.05, 3.63) is 113 Å². The molecular formula is C29H25N5O2. The number of fused-ring (bicyclic) bond motifs is 1. The predicted molar refractivity (Wildman–Crippen MR) is 142 cm³/mol. The number of nitrogens with zero attached hydrogens (tertiary/aromatic N) is 3. The van der Waals surface area contributed by atoms with Gasteiger partial charge in [0.25, 0.3) is 5.91 Å². The quantitative estimate of drug-likeness (QED) is 0.294. The maximum absolute atomic E-state index is 13.2. The van der Waals surface area contributed by atoms with Crippen molar-refractivity contribution >= 4 is 40.4 Å². The van der Waals surface area contributed by atoms with Gasteiger partial charge in [0.2, 0.25) is 0 Å². The molecule has 0 spiro atoms. The Morgan fingerprint density at radius 3 is 2.67 bits per heavy atom. The highest BCUT2D eigenvalue weighted by Crippen LogP contribution is 2.22. The van der Waals surface area contributed by atoms with E-state index in [2.05, 4.69) is 20.5 Å². The minimum absolute atomic E-state index is 0.138. The SMILES string of the molecule is CCn1cc(C)cc1C(=O)Nc1cccc(C(=O)c2ccc3c(/C=C/c4ccccn4)n[nH]c3c2)c1. The monoisotopic (exact) mass is 475 g/mol. The smallest absolute Gasteiger partial charge is 0.272 e. The maximum Gasteiger partial charge on any atom is 0.272 e. The van der Waals surface area contributed by atoms with Crippen molar-refractivity contribution in [2.45, 2.75) is 20.4 Å². The van der Waals surface area contributed by atoms with E-state index in [9.17, 15) is 9.59 Å². The molecule has 5 aromatic rings. The number of aromatic amines is 1. The summed E-state index contributed by atoms with van der Waals surface area (Å²) in [6, 6.07) is 20.0. The van der Waals surface area contributed by atoms with Crippen LogP contribution >= 0.6 is 0 Å². The van der Waals surface area contributed by atoms with Gasteiger partial charge in [0, 0.05) is 41.1 Å². The number of pyridine rings is 1. The lowest BCUT2D eigenvalue weighted by atomic mass is 10.0. The molecule has 0 unspecified atom stereocenters. The summed E-state index contributed by atoms with van der Waals surface area (Å²) in [6.45, 7) is 4.65. The summed E-state index contributed by atoms with van der Waals surface area (Å²) in [5.41, 5.74) is 5.57. The Morgan fingerprint density at radius 1 is 1.00 bits per heavy atom. The van der Waals surface area contributed by atoms with Crippen LogP contribution in [0.4, 0.5) is 5.69 Å². The number of amides is 1. The number of H-pyrrole nitrogens is 1. The van der Waals surface area contributed by atoms with Crippen molar-refractivity contribution in [3.8, 4) is 0 Å². The fourth-order valence-electron chi connectivity index (χ4n) is 4.16. The van der Waals surface area contributed by atoms with Crippen molar-refractivity contribution < 1.29 is 9.59 Å². The zero-order chi connectivity index (χ0) is 25.1. The van der Waals surface area contributed by atoms with Gasteiger partial charge in [0.1, 0.15) is 5.69 Å². The molecule has 178 valence electrons. The van der Waals surface area contributed by atoms with Gasteiger partial charge in [-0.2, -0.15) is 5.10 Å². The van der Waals surface area contributed by atoms with Gasteiger partial charge >= 0.3 is 0 Å². The highest BCUT2D eigenvalue weighted by Gasteiger charge is 2.15. The van der Waals surface area contributed by atoms with E-state index in [1.54, 1.807) is 42.6 Å². The van der Waals surface area contributed by atoms with Crippen molar-refractivity contribution in [2.24, 2.45) is 0 Å². The van der Waals surface area contributed by atoms with Crippen LogP contribution in [0.3, 0.4) is 0 Å². The van der Waals surface area contributed by atoms with Crippen LogP contribution in [-0.4, -0.2) is 31.4 Å². The molecule has 3 aromatic heterocycles. The number of carbonyl (C=O) groups is 2. The Labute approximate surface area is 208 Å². The number of anilines is 1. The fraction of sp³-hybridized carbons (Fsp3) is 0.103. The second kappa shape index (κ2) is 9.84. The largest absolute Gasteiger partial charge is 0.344 e. The number of carbonyl (C=O) groups excluding carboxylic acids is 2. The maximum atomic E-state index is 13.2. The summed E-state index contributed by atoms with van der Waals surface area (Å²) in [4.78, 5) is 30.3. The summed E-state index contributed by atoms with van der Waals surface area (Å²) < 4.78 is 1.90. The van der Waals surface area contributed by atoms with Gasteiger partial charge < -0.3 is 9.88 Å². The van der Waals surface area contributed by atoms with Gasteiger partial charge in [-0.1, -0.05) is 24.3 Å². The molecule has 0 fully saturated rings. The molecule has 5 rings (SSSR count). The lowest BCUT2D eigenvalue weighted by Crippen LogP contribution is -2.16. The first kappa shape index (κ1) is 23.0. The molecule has 7 heteroatoms. The number of nitrogens with one attached hydrogen (secondary N) is 2. The molecule has 0 radical (unpaired) electrons. The van der Waals surface area contributed by atoms with Gasteiger partial charge in [-0.15, -0.1) is 0 Å². The Kier molecular flexibility index (Phi) is 6.28. The molecule has 0 saturated heterocycles. The molecule has 3 heterocycles. The first-order valence-corrected chi connectivity index (χ1v) is 11.7. The second-order valence-corrected chi connectivity index (χ2v) is 8.51. The highest BCUT2D eigenvalue weighted by atomic mass is 16.2. The third-order valence-corrected chi connectivity index (χ3v) is 5.94. The molecule has 0 aliphatic heterocycles. The van der Waals surface area contributed by atoms with E-state index in [1.165, 1.54) is 0 Å². The lowest BCUT2D eigenvalue weighted by Gasteiger charge is -2.09. The van der Waals surface area contributed by atoms with E-state index < -0.39 is 0 Å². The van der Waals surface area contributed by atoms with E-state index >= 15 is 0 Å². The van der Waals surface area contributed by atoms with Crippen LogP contribution in [0.25, 0.3) is 23.1 Å². The normalized spacial score (nSPS) is 11.3. The number of benzene rings is 2. The summed E-state index contributed by atoms with van der Waals surface area (Å²) in [6.07, 6.45) is 7.48. The van der Waals surface area contributed by atoms with Crippen LogP contribution in [0.2, 0.25) is 0 Å². The van der Waals surface area contributed by atoms with Crippen molar-refractivity contribution in [1.82, 2.24) is 19.7 Å². The van der Waals surface area contributed by atoms with Crippen molar-refractivity contribution in [1.29, 1.82) is 0 Å². The number of hydrogen-bond acceptors (Lipinski definition) is 4. The van der Waals surface area contributed by atoms with Gasteiger partial charge in [0.15, 0.2) is 5.78 Å². The predicted octanol–water partition coefficient (Wildman–Crippen LogP) is 5.74. The zero-order valence-corrected chi connectivity index (χ0v) is 20.0. The molecule has 0 aliphatic rings. The van der Waals surface area contributed by atoms with Crippen molar-refractivity contribution in [3.63, 3.8) is 0 Å². The second-order valence-electron chi connectivity index (χ2n) is 8.51. The van der Waals surface area contributed by atoms with Gasteiger partial charge in [-0.3, -0.25) is 19.7 Å². The molecule has 0 saturated carbocycles. The molecule has 7 nitrogen and oxygen atoms in total. The fourth-order valence-corrected chi connectivity index (χ4v) is 4.16. The van der Waals surface area contributed by atoms with E-state index in [0.29, 0.717) is 29.1 Å². The highest BCUT2D eigenvalue weighted by molar-refractivity contribution is 6.12. The van der Waals surface area contributed by atoms with Crippen LogP contribution in [0, 0.1) is 6.92 Å². The van der Waals surface area contributed by atoms with Gasteiger partial charge in [-0.05, 0) is 74.0 Å². The van der Waals surface area contributed by atoms with Crippen LogP contribution in [0.5, 0.6) is 0 Å². The third kappa shape index (κ3) is 4.72. The van der Waals surface area contributed by atoms with E-state index in [0.717, 1.165) is 27.9 Å². The Bertz CT molecular complexity index is 1590. The molecular weight excluding hydrogens is 450 g/mol. The Balaban J connectivity index is 1.35. The standard InChI is InChI=1S/C29H25N5O2/c1-3-34-18-19(2)15-27(34)29(36)31-23-9-6-7-20(16-23)28(35)21-10-12-24-25(32-33-26(24)17-21)13-11-22-8-4-5-14-30-22/h4-18H,3H2,1-2H3,(H,31,36)(H,32,33)/b13-11+. The van der Waals surface area contributed by atoms with Crippen molar-refractivity contribution in [2.75, 3.05) is 5.32 Å². The van der Waals surface area contributed by atoms with Crippen LogP contribution in [0.1, 0.15) is 50.3 Å². The number of aryl methyl sites for hydroxylation is 2. The van der Waals surface area contributed by atoms with E-state index in [1.807, 2.05) is 67.1 Å². The van der Waals surface area contributed by atoms with E-state index in [-0.39, 0.29) is 11.7 Å². The summed E-state index contributed by atoms with van der Waals surface area (Å²) in [5.74, 6) is -0.347. The summed E-state index contributed by atoms with van der Waals surface area (Å²) >= 11 is 0. The molecule has 0 bridgehead atoms. The Hall–Kier alpha value is -4.78. The average Bonchev–Trinajstić information content (AvgIpc) is 3.50. The molecule has 36 heavy (non-hydrogen) atoms. The topological polar surface area (TPSA) is 92.7 Å². The summed E-state index contributed by atoms with van der Waals surface area (Å²) in [5, 5.41) is 11.2. The van der Waals surface area contributed by atoms with Crippen LogP contribution < -0.4 is 5.32 Å². The van der Waals surface area contributed by atoms with Crippen LogP contribution in [-0.2, 0) is 6.54 Å². The minimum Gasteiger partial charge on any atom is -0.344 e. The van der Waals surface area contributed by atoms with E-state index in [4.69, 9.17) is 0 Å². The average molecular weight is 476 g/mol. The molecule has 2 N–H and O–H groups in total. The minimum atomic E-state index is -0.209. The zero-order valence-electron chi connectivity index (χ0n) is 20.0. The number of ketones is 1. The number of hydrogen-bond donors (Lipinski definition) is 2. The Morgan fingerprint density at radius 2 is 1.86 bits per heavy atom. The first-order valence-electron chi connectivity index (χ1n) is 11.7. The number of rotatable bonds is 7.